The van der Waals surface area contributed by atoms with E-state index in [-0.39, 0.29) is 17.9 Å². The van der Waals surface area contributed by atoms with Gasteiger partial charge in [-0.25, -0.2) is 4.79 Å². The summed E-state index contributed by atoms with van der Waals surface area (Å²) >= 11 is 0. The zero-order chi connectivity index (χ0) is 19.6. The summed E-state index contributed by atoms with van der Waals surface area (Å²) in [7, 11) is 1.66. The monoisotopic (exact) mass is 387 g/mol. The SMILES string of the molecule is CNC(=O)N1CCC[C@H](c2cccc(C(=O)N3CCC4(CC3)OCCO4)c2)C1. The Morgan fingerprint density at radius 3 is 2.57 bits per heavy atom. The minimum Gasteiger partial charge on any atom is -0.347 e. The molecule has 3 aliphatic rings. The number of piperidine rings is 2. The second kappa shape index (κ2) is 8.09. The first-order valence-corrected chi connectivity index (χ1v) is 10.2. The van der Waals surface area contributed by atoms with Gasteiger partial charge in [0.25, 0.3) is 5.91 Å². The maximum Gasteiger partial charge on any atom is 0.317 e. The average Bonchev–Trinajstić information content (AvgIpc) is 3.21. The average molecular weight is 387 g/mol. The molecule has 7 heteroatoms. The summed E-state index contributed by atoms with van der Waals surface area (Å²) in [6.45, 7) is 4.06. The van der Waals surface area contributed by atoms with Gasteiger partial charge in [0.15, 0.2) is 5.79 Å². The fourth-order valence-electron chi connectivity index (χ4n) is 4.54. The number of benzene rings is 1. The molecule has 152 valence electrons. The first-order valence-electron chi connectivity index (χ1n) is 10.2. The third kappa shape index (κ3) is 3.86. The second-order valence-electron chi connectivity index (χ2n) is 7.87. The van der Waals surface area contributed by atoms with E-state index < -0.39 is 5.79 Å². The Morgan fingerprint density at radius 1 is 1.11 bits per heavy atom. The smallest absolute Gasteiger partial charge is 0.317 e. The maximum atomic E-state index is 13.0. The first-order chi connectivity index (χ1) is 13.6. The molecule has 3 aliphatic heterocycles. The van der Waals surface area contributed by atoms with Crippen LogP contribution >= 0.6 is 0 Å². The summed E-state index contributed by atoms with van der Waals surface area (Å²) in [5.74, 6) is -0.137. The van der Waals surface area contributed by atoms with Crippen LogP contribution in [0, 0.1) is 0 Å². The first kappa shape index (κ1) is 19.2. The largest absolute Gasteiger partial charge is 0.347 e. The third-order valence-corrected chi connectivity index (χ3v) is 6.15. The van der Waals surface area contributed by atoms with E-state index in [0.717, 1.165) is 43.4 Å². The summed E-state index contributed by atoms with van der Waals surface area (Å²) in [5.41, 5.74) is 1.86. The maximum absolute atomic E-state index is 13.0. The van der Waals surface area contributed by atoms with Crippen molar-refractivity contribution in [3.8, 4) is 0 Å². The van der Waals surface area contributed by atoms with Crippen molar-refractivity contribution in [1.29, 1.82) is 0 Å². The number of carbonyl (C=O) groups excluding carboxylic acids is 2. The molecule has 0 aromatic heterocycles. The van der Waals surface area contributed by atoms with Crippen LogP contribution in [0.15, 0.2) is 24.3 Å². The van der Waals surface area contributed by atoms with Gasteiger partial charge in [0.05, 0.1) is 13.2 Å². The molecule has 3 heterocycles. The second-order valence-corrected chi connectivity index (χ2v) is 7.87. The number of hydrogen-bond acceptors (Lipinski definition) is 4. The number of rotatable bonds is 2. The molecule has 3 fully saturated rings. The molecule has 0 radical (unpaired) electrons. The molecule has 28 heavy (non-hydrogen) atoms. The van der Waals surface area contributed by atoms with Crippen LogP contribution < -0.4 is 5.32 Å². The Kier molecular flexibility index (Phi) is 5.55. The summed E-state index contributed by atoms with van der Waals surface area (Å²) < 4.78 is 11.5. The van der Waals surface area contributed by atoms with Gasteiger partial charge in [-0.1, -0.05) is 12.1 Å². The van der Waals surface area contributed by atoms with Crippen molar-refractivity contribution in [3.05, 3.63) is 35.4 Å². The van der Waals surface area contributed by atoms with Crippen LogP contribution in [0.3, 0.4) is 0 Å². The molecule has 1 spiro atoms. The molecular weight excluding hydrogens is 358 g/mol. The van der Waals surface area contributed by atoms with Crippen molar-refractivity contribution in [2.75, 3.05) is 46.4 Å². The van der Waals surface area contributed by atoms with Crippen LogP contribution in [0.25, 0.3) is 0 Å². The van der Waals surface area contributed by atoms with E-state index in [1.807, 2.05) is 28.0 Å². The standard InChI is InChI=1S/C21H29N3O4/c1-22-20(26)24-9-3-6-18(15-24)16-4-2-5-17(14-16)19(25)23-10-7-21(8-11-23)27-12-13-28-21/h2,4-5,14,18H,3,6-13,15H2,1H3,(H,22,26)/t18-/m0/s1. The van der Waals surface area contributed by atoms with Crippen molar-refractivity contribution < 1.29 is 19.1 Å². The third-order valence-electron chi connectivity index (χ3n) is 6.15. The molecule has 0 unspecified atom stereocenters. The van der Waals surface area contributed by atoms with Gasteiger partial charge in [0, 0.05) is 57.5 Å². The minimum absolute atomic E-state index is 0.0319. The van der Waals surface area contributed by atoms with Crippen molar-refractivity contribution in [2.45, 2.75) is 37.4 Å². The van der Waals surface area contributed by atoms with Gasteiger partial charge in [-0.2, -0.15) is 0 Å². The predicted octanol–water partition coefficient (Wildman–Crippen LogP) is 2.18. The highest BCUT2D eigenvalue weighted by molar-refractivity contribution is 5.94. The van der Waals surface area contributed by atoms with E-state index in [1.54, 1.807) is 7.05 Å². The van der Waals surface area contributed by atoms with E-state index in [1.165, 1.54) is 0 Å². The van der Waals surface area contributed by atoms with Gasteiger partial charge in [-0.15, -0.1) is 0 Å². The van der Waals surface area contributed by atoms with Crippen molar-refractivity contribution in [1.82, 2.24) is 15.1 Å². The highest BCUT2D eigenvalue weighted by Crippen LogP contribution is 2.32. The van der Waals surface area contributed by atoms with Crippen molar-refractivity contribution in [2.24, 2.45) is 0 Å². The predicted molar refractivity (Wildman–Crippen MR) is 104 cm³/mol. The quantitative estimate of drug-likeness (QED) is 0.844. The van der Waals surface area contributed by atoms with Crippen LogP contribution in [0.5, 0.6) is 0 Å². The molecule has 1 aromatic carbocycles. The molecule has 3 saturated heterocycles. The highest BCUT2D eigenvalue weighted by Gasteiger charge is 2.40. The van der Waals surface area contributed by atoms with Crippen LogP contribution in [-0.4, -0.2) is 74.0 Å². The van der Waals surface area contributed by atoms with Gasteiger partial charge in [-0.3, -0.25) is 4.79 Å². The molecule has 1 atom stereocenters. The van der Waals surface area contributed by atoms with E-state index in [2.05, 4.69) is 11.4 Å². The lowest BCUT2D eigenvalue weighted by Gasteiger charge is -2.37. The molecular formula is C21H29N3O4. The molecule has 7 nitrogen and oxygen atoms in total. The van der Waals surface area contributed by atoms with Gasteiger partial charge < -0.3 is 24.6 Å². The van der Waals surface area contributed by atoms with E-state index in [0.29, 0.717) is 32.8 Å². The molecule has 1 aromatic rings. The summed E-state index contributed by atoms with van der Waals surface area (Å²) in [5, 5.41) is 2.71. The normalized spacial score (nSPS) is 24.4. The number of likely N-dealkylation sites (tertiary alicyclic amines) is 2. The zero-order valence-electron chi connectivity index (χ0n) is 16.5. The van der Waals surface area contributed by atoms with Crippen molar-refractivity contribution in [3.63, 3.8) is 0 Å². The lowest BCUT2D eigenvalue weighted by atomic mass is 9.89. The summed E-state index contributed by atoms with van der Waals surface area (Å²) in [6, 6.07) is 7.89. The number of nitrogens with one attached hydrogen (secondary N) is 1. The fourth-order valence-corrected chi connectivity index (χ4v) is 4.54. The Bertz CT molecular complexity index is 722. The summed E-state index contributed by atoms with van der Waals surface area (Å²) in [6.07, 6.45) is 3.46. The van der Waals surface area contributed by atoms with E-state index >= 15 is 0 Å². The van der Waals surface area contributed by atoms with Crippen molar-refractivity contribution >= 4 is 11.9 Å². The minimum atomic E-state index is -0.468. The van der Waals surface area contributed by atoms with E-state index in [4.69, 9.17) is 9.47 Å². The van der Waals surface area contributed by atoms with Crippen LogP contribution in [0.2, 0.25) is 0 Å². The molecule has 0 bridgehead atoms. The van der Waals surface area contributed by atoms with Crippen LogP contribution in [0.1, 0.15) is 47.5 Å². The Labute approximate surface area is 166 Å². The Morgan fingerprint density at radius 2 is 1.86 bits per heavy atom. The fraction of sp³-hybridized carbons (Fsp3) is 0.619. The molecule has 4 rings (SSSR count). The van der Waals surface area contributed by atoms with Gasteiger partial charge in [0.2, 0.25) is 0 Å². The van der Waals surface area contributed by atoms with Gasteiger partial charge in [-0.05, 0) is 30.5 Å². The van der Waals surface area contributed by atoms with E-state index in [9.17, 15) is 9.59 Å². The number of carbonyl (C=O) groups is 2. The molecule has 1 N–H and O–H groups in total. The van der Waals surface area contributed by atoms with Crippen LogP contribution in [-0.2, 0) is 9.47 Å². The molecule has 0 saturated carbocycles. The Hall–Kier alpha value is -2.12. The Balaban J connectivity index is 1.42. The van der Waals surface area contributed by atoms with Gasteiger partial charge >= 0.3 is 6.03 Å². The summed E-state index contributed by atoms with van der Waals surface area (Å²) in [4.78, 5) is 28.7. The number of ether oxygens (including phenoxy) is 2. The molecule has 3 amide bonds. The number of amides is 3. The number of hydrogen-bond donors (Lipinski definition) is 1. The lowest BCUT2D eigenvalue weighted by molar-refractivity contribution is -0.181. The van der Waals surface area contributed by atoms with Gasteiger partial charge in [0.1, 0.15) is 0 Å². The lowest BCUT2D eigenvalue weighted by Crippen LogP contribution is -2.47. The number of nitrogens with zero attached hydrogens (tertiary/aromatic N) is 2. The molecule has 0 aliphatic carbocycles. The van der Waals surface area contributed by atoms with Crippen LogP contribution in [0.4, 0.5) is 4.79 Å². The number of urea groups is 1. The zero-order valence-corrected chi connectivity index (χ0v) is 16.5. The highest BCUT2D eigenvalue weighted by atomic mass is 16.7. The topological polar surface area (TPSA) is 71.1 Å².